The van der Waals surface area contributed by atoms with Crippen LogP contribution in [0.4, 0.5) is 0 Å². The Labute approximate surface area is 189 Å². The molecule has 2 heterocycles. The Balaban J connectivity index is 1.44. The summed E-state index contributed by atoms with van der Waals surface area (Å²) in [5.41, 5.74) is 9.73. The highest BCUT2D eigenvalue weighted by atomic mass is 16.2. The van der Waals surface area contributed by atoms with Crippen molar-refractivity contribution in [3.05, 3.63) is 90.3 Å². The van der Waals surface area contributed by atoms with Gasteiger partial charge in [-0.2, -0.15) is 0 Å². The zero-order valence-corrected chi connectivity index (χ0v) is 18.2. The Morgan fingerprint density at radius 3 is 2.25 bits per heavy atom. The van der Waals surface area contributed by atoms with Crippen molar-refractivity contribution in [2.24, 2.45) is 11.1 Å². The monoisotopic (exact) mass is 427 g/mol. The van der Waals surface area contributed by atoms with Crippen molar-refractivity contribution in [3.63, 3.8) is 0 Å². The van der Waals surface area contributed by atoms with Crippen molar-refractivity contribution < 1.29 is 9.59 Å². The molecule has 0 atom stereocenters. The van der Waals surface area contributed by atoms with Crippen molar-refractivity contribution in [2.75, 3.05) is 13.1 Å². The van der Waals surface area contributed by atoms with E-state index in [0.717, 1.165) is 28.7 Å². The largest absolute Gasteiger partial charge is 0.369 e. The molecule has 5 heteroatoms. The van der Waals surface area contributed by atoms with Crippen molar-refractivity contribution >= 4 is 11.8 Å². The van der Waals surface area contributed by atoms with Gasteiger partial charge in [-0.3, -0.25) is 14.6 Å². The molecule has 1 aliphatic rings. The van der Waals surface area contributed by atoms with Crippen LogP contribution in [-0.2, 0) is 22.4 Å². The van der Waals surface area contributed by atoms with Gasteiger partial charge in [-0.15, -0.1) is 0 Å². The Morgan fingerprint density at radius 2 is 1.56 bits per heavy atom. The summed E-state index contributed by atoms with van der Waals surface area (Å²) in [5, 5.41) is 0. The van der Waals surface area contributed by atoms with Crippen LogP contribution in [0.15, 0.2) is 79.1 Å². The van der Waals surface area contributed by atoms with Gasteiger partial charge in [0.25, 0.3) is 0 Å². The molecule has 164 valence electrons. The first kappa shape index (κ1) is 21.8. The number of nitrogens with zero attached hydrogens (tertiary/aromatic N) is 2. The fraction of sp³-hybridized carbons (Fsp3) is 0.296. The minimum absolute atomic E-state index is 0.143. The summed E-state index contributed by atoms with van der Waals surface area (Å²) in [5.74, 6) is -0.137. The summed E-state index contributed by atoms with van der Waals surface area (Å²) in [7, 11) is 0. The second kappa shape index (κ2) is 9.77. The van der Waals surface area contributed by atoms with Gasteiger partial charge >= 0.3 is 0 Å². The summed E-state index contributed by atoms with van der Waals surface area (Å²) in [6.07, 6.45) is 6.51. The topological polar surface area (TPSA) is 76.3 Å². The number of benzene rings is 2. The van der Waals surface area contributed by atoms with E-state index in [1.165, 1.54) is 0 Å². The Kier molecular flexibility index (Phi) is 6.64. The zero-order chi connectivity index (χ0) is 22.4. The van der Waals surface area contributed by atoms with Crippen LogP contribution in [0.3, 0.4) is 0 Å². The SMILES string of the molecule is NC(=O)C1(Cc2ccccc2-c2ccncc2)CCN(C(=O)CCc2ccccc2)CC1. The van der Waals surface area contributed by atoms with Crippen molar-refractivity contribution in [2.45, 2.75) is 32.1 Å². The minimum Gasteiger partial charge on any atom is -0.369 e. The number of rotatable bonds is 7. The number of carbonyl (C=O) groups excluding carboxylic acids is 2. The average Bonchev–Trinajstić information content (AvgIpc) is 2.84. The number of piperidine rings is 1. The van der Waals surface area contributed by atoms with Crippen LogP contribution >= 0.6 is 0 Å². The van der Waals surface area contributed by atoms with Gasteiger partial charge in [-0.25, -0.2) is 0 Å². The van der Waals surface area contributed by atoms with E-state index in [-0.39, 0.29) is 11.8 Å². The van der Waals surface area contributed by atoms with E-state index in [2.05, 4.69) is 17.1 Å². The molecule has 0 saturated carbocycles. The molecular formula is C27H29N3O2. The first-order valence-electron chi connectivity index (χ1n) is 11.2. The summed E-state index contributed by atoms with van der Waals surface area (Å²) < 4.78 is 0. The average molecular weight is 428 g/mol. The maximum Gasteiger partial charge on any atom is 0.224 e. The van der Waals surface area contributed by atoms with Crippen molar-refractivity contribution in [1.29, 1.82) is 0 Å². The molecule has 0 unspecified atom stereocenters. The quantitative estimate of drug-likeness (QED) is 0.619. The second-order valence-corrected chi connectivity index (χ2v) is 8.58. The molecule has 1 saturated heterocycles. The van der Waals surface area contributed by atoms with E-state index in [1.807, 2.05) is 59.5 Å². The summed E-state index contributed by atoms with van der Waals surface area (Å²) >= 11 is 0. The molecule has 1 fully saturated rings. The molecule has 2 aromatic carbocycles. The van der Waals surface area contributed by atoms with Crippen LogP contribution in [0, 0.1) is 5.41 Å². The lowest BCUT2D eigenvalue weighted by Gasteiger charge is -2.40. The number of primary amides is 1. The third kappa shape index (κ3) is 4.88. The number of carbonyl (C=O) groups is 2. The van der Waals surface area contributed by atoms with Crippen molar-refractivity contribution in [1.82, 2.24) is 9.88 Å². The smallest absolute Gasteiger partial charge is 0.224 e. The number of pyridine rings is 1. The molecular weight excluding hydrogens is 398 g/mol. The lowest BCUT2D eigenvalue weighted by atomic mass is 9.72. The summed E-state index contributed by atoms with van der Waals surface area (Å²) in [4.78, 5) is 31.4. The van der Waals surface area contributed by atoms with Crippen LogP contribution < -0.4 is 5.73 Å². The van der Waals surface area contributed by atoms with Crippen molar-refractivity contribution in [3.8, 4) is 11.1 Å². The molecule has 32 heavy (non-hydrogen) atoms. The van der Waals surface area contributed by atoms with Gasteiger partial charge in [0.05, 0.1) is 5.41 Å². The van der Waals surface area contributed by atoms with Crippen LogP contribution in [-0.4, -0.2) is 34.8 Å². The lowest BCUT2D eigenvalue weighted by molar-refractivity contribution is -0.138. The van der Waals surface area contributed by atoms with Crippen LogP contribution in [0.1, 0.15) is 30.4 Å². The van der Waals surface area contributed by atoms with Gasteiger partial charge in [0, 0.05) is 31.9 Å². The third-order valence-electron chi connectivity index (χ3n) is 6.60. The lowest BCUT2D eigenvalue weighted by Crippen LogP contribution is -2.50. The molecule has 4 rings (SSSR count). The van der Waals surface area contributed by atoms with Gasteiger partial charge in [0.15, 0.2) is 0 Å². The summed E-state index contributed by atoms with van der Waals surface area (Å²) in [6, 6.07) is 22.1. The van der Waals surface area contributed by atoms with E-state index in [1.54, 1.807) is 12.4 Å². The van der Waals surface area contributed by atoms with E-state index < -0.39 is 5.41 Å². The Hall–Kier alpha value is -3.47. The molecule has 0 aliphatic carbocycles. The van der Waals surface area contributed by atoms with E-state index in [0.29, 0.717) is 38.8 Å². The standard InChI is InChI=1S/C27H29N3O2/c28-26(32)27(20-23-8-4-5-9-24(23)22-12-16-29-17-13-22)14-18-30(19-15-27)25(31)11-10-21-6-2-1-3-7-21/h1-9,12-13,16-17H,10-11,14-15,18-20H2,(H2,28,32). The van der Waals surface area contributed by atoms with Crippen LogP contribution in [0.25, 0.3) is 11.1 Å². The molecule has 5 nitrogen and oxygen atoms in total. The number of aromatic nitrogens is 1. The minimum atomic E-state index is -0.640. The number of hydrogen-bond acceptors (Lipinski definition) is 3. The molecule has 0 radical (unpaired) electrons. The van der Waals surface area contributed by atoms with Gasteiger partial charge in [0.1, 0.15) is 0 Å². The molecule has 1 aromatic heterocycles. The second-order valence-electron chi connectivity index (χ2n) is 8.58. The highest BCUT2D eigenvalue weighted by Gasteiger charge is 2.41. The predicted octanol–water partition coefficient (Wildman–Crippen LogP) is 4.02. The van der Waals surface area contributed by atoms with Gasteiger partial charge < -0.3 is 10.6 Å². The van der Waals surface area contributed by atoms with Crippen LogP contribution in [0.2, 0.25) is 0 Å². The number of amides is 2. The maximum absolute atomic E-state index is 12.8. The van der Waals surface area contributed by atoms with E-state index in [9.17, 15) is 9.59 Å². The predicted molar refractivity (Wildman–Crippen MR) is 126 cm³/mol. The third-order valence-corrected chi connectivity index (χ3v) is 6.60. The molecule has 0 bridgehead atoms. The number of nitrogens with two attached hydrogens (primary N) is 1. The maximum atomic E-state index is 12.8. The fourth-order valence-corrected chi connectivity index (χ4v) is 4.60. The van der Waals surface area contributed by atoms with Gasteiger partial charge in [0.2, 0.25) is 11.8 Å². The van der Waals surface area contributed by atoms with E-state index >= 15 is 0 Å². The highest BCUT2D eigenvalue weighted by molar-refractivity contribution is 5.83. The normalized spacial score (nSPS) is 15.3. The first-order chi connectivity index (χ1) is 15.6. The highest BCUT2D eigenvalue weighted by Crippen LogP contribution is 2.38. The molecule has 2 N–H and O–H groups in total. The molecule has 1 aliphatic heterocycles. The summed E-state index contributed by atoms with van der Waals surface area (Å²) in [6.45, 7) is 1.13. The van der Waals surface area contributed by atoms with Gasteiger partial charge in [-0.1, -0.05) is 54.6 Å². The Morgan fingerprint density at radius 1 is 0.906 bits per heavy atom. The zero-order valence-electron chi connectivity index (χ0n) is 18.2. The molecule has 2 amide bonds. The number of hydrogen-bond donors (Lipinski definition) is 1. The number of likely N-dealkylation sites (tertiary alicyclic amines) is 1. The molecule has 0 spiro atoms. The number of aryl methyl sites for hydroxylation is 1. The molecule has 3 aromatic rings. The Bertz CT molecular complexity index is 1060. The van der Waals surface area contributed by atoms with Gasteiger partial charge in [-0.05, 0) is 60.1 Å². The first-order valence-corrected chi connectivity index (χ1v) is 11.2. The van der Waals surface area contributed by atoms with Crippen LogP contribution in [0.5, 0.6) is 0 Å². The fourth-order valence-electron chi connectivity index (χ4n) is 4.60. The van der Waals surface area contributed by atoms with E-state index in [4.69, 9.17) is 5.73 Å².